The number of halogens is 1. The van der Waals surface area contributed by atoms with Gasteiger partial charge in [0.25, 0.3) is 0 Å². The van der Waals surface area contributed by atoms with Crippen molar-refractivity contribution in [3.8, 4) is 5.75 Å². The number of fused-ring (bicyclic) bond motifs is 1. The minimum absolute atomic E-state index is 0.0813. The first kappa shape index (κ1) is 14.6. The molecule has 0 saturated heterocycles. The highest BCUT2D eigenvalue weighted by atomic mass is 35.5. The number of anilines is 1. The summed E-state index contributed by atoms with van der Waals surface area (Å²) in [6, 6.07) is 5.52. The normalized spacial score (nSPS) is 15.8. The van der Waals surface area contributed by atoms with Gasteiger partial charge in [0.1, 0.15) is 12.4 Å². The molecule has 1 atom stereocenters. The maximum Gasteiger partial charge on any atom is 0.341 e. The fraction of sp³-hybridized carbons (Fsp3) is 0.267. The number of para-hydroxylation sites is 1. The minimum atomic E-state index is -0.435. The number of benzene rings is 1. The largest absolute Gasteiger partial charge is 0.489 e. The van der Waals surface area contributed by atoms with E-state index < -0.39 is 5.97 Å². The van der Waals surface area contributed by atoms with Crippen LogP contribution in [0.2, 0.25) is 5.02 Å². The molecule has 1 unspecified atom stereocenters. The number of nitrogens with one attached hydrogen (secondary N) is 1. The molecular weight excluding hydrogens is 306 g/mol. The molecule has 1 aromatic heterocycles. The summed E-state index contributed by atoms with van der Waals surface area (Å²) in [6.45, 7) is 2.51. The van der Waals surface area contributed by atoms with Gasteiger partial charge in [-0.3, -0.25) is 0 Å². The van der Waals surface area contributed by atoms with Crippen LogP contribution in [0.15, 0.2) is 30.6 Å². The predicted octanol–water partition coefficient (Wildman–Crippen LogP) is 2.85. The molecule has 6 nitrogen and oxygen atoms in total. The molecule has 2 aromatic rings. The molecule has 0 spiro atoms. The van der Waals surface area contributed by atoms with E-state index in [1.807, 2.05) is 12.1 Å². The molecule has 0 aliphatic carbocycles. The van der Waals surface area contributed by atoms with E-state index >= 15 is 0 Å². The van der Waals surface area contributed by atoms with Crippen LogP contribution in [0, 0.1) is 0 Å². The molecule has 1 aliphatic rings. The van der Waals surface area contributed by atoms with Gasteiger partial charge >= 0.3 is 5.97 Å². The number of carbonyl (C=O) groups excluding carboxylic acids is 1. The molecule has 0 amide bonds. The number of hydrogen-bond acceptors (Lipinski definition) is 6. The standard InChI is InChI=1S/C15H14ClN3O3/c1-2-21-14(20)9-6-17-15(18-7-9)19-12-8-22-13-10(12)4-3-5-11(13)16/h3-7,12H,2,8H2,1H3,(H,17,18,19). The van der Waals surface area contributed by atoms with Crippen LogP contribution in [0.3, 0.4) is 0 Å². The Labute approximate surface area is 132 Å². The van der Waals surface area contributed by atoms with Crippen molar-refractivity contribution in [1.82, 2.24) is 9.97 Å². The third-order valence-electron chi connectivity index (χ3n) is 3.23. The Balaban J connectivity index is 1.73. The van der Waals surface area contributed by atoms with Crippen LogP contribution >= 0.6 is 11.6 Å². The molecule has 0 saturated carbocycles. The molecule has 0 fully saturated rings. The number of rotatable bonds is 4. The molecule has 1 aromatic carbocycles. The first-order chi connectivity index (χ1) is 10.7. The highest BCUT2D eigenvalue weighted by Gasteiger charge is 2.26. The van der Waals surface area contributed by atoms with Crippen LogP contribution < -0.4 is 10.1 Å². The number of aromatic nitrogens is 2. The second-order valence-corrected chi connectivity index (χ2v) is 5.09. The van der Waals surface area contributed by atoms with E-state index in [0.717, 1.165) is 5.56 Å². The maximum atomic E-state index is 11.5. The van der Waals surface area contributed by atoms with Crippen LogP contribution in [0.4, 0.5) is 5.95 Å². The van der Waals surface area contributed by atoms with Crippen molar-refractivity contribution in [3.63, 3.8) is 0 Å². The molecule has 0 radical (unpaired) electrons. The van der Waals surface area contributed by atoms with Crippen molar-refractivity contribution >= 4 is 23.5 Å². The highest BCUT2D eigenvalue weighted by Crippen LogP contribution is 2.39. The Morgan fingerprint density at radius 1 is 1.45 bits per heavy atom. The van der Waals surface area contributed by atoms with Crippen molar-refractivity contribution in [1.29, 1.82) is 0 Å². The lowest BCUT2D eigenvalue weighted by Crippen LogP contribution is -2.14. The van der Waals surface area contributed by atoms with Crippen molar-refractivity contribution in [2.24, 2.45) is 0 Å². The van der Waals surface area contributed by atoms with Crippen molar-refractivity contribution in [2.75, 3.05) is 18.5 Å². The highest BCUT2D eigenvalue weighted by molar-refractivity contribution is 6.32. The average Bonchev–Trinajstić information content (AvgIpc) is 2.93. The minimum Gasteiger partial charge on any atom is -0.489 e. The molecule has 3 rings (SSSR count). The fourth-order valence-corrected chi connectivity index (χ4v) is 2.44. The second-order valence-electron chi connectivity index (χ2n) is 4.68. The summed E-state index contributed by atoms with van der Waals surface area (Å²) in [5.41, 5.74) is 1.28. The zero-order valence-corrected chi connectivity index (χ0v) is 12.6. The summed E-state index contributed by atoms with van der Waals surface area (Å²) in [6.07, 6.45) is 2.87. The predicted molar refractivity (Wildman–Crippen MR) is 81.3 cm³/mol. The van der Waals surface area contributed by atoms with Crippen molar-refractivity contribution < 1.29 is 14.3 Å². The molecule has 114 valence electrons. The molecule has 7 heteroatoms. The van der Waals surface area contributed by atoms with Gasteiger partial charge in [-0.25, -0.2) is 14.8 Å². The molecular formula is C15H14ClN3O3. The second kappa shape index (κ2) is 6.19. The summed E-state index contributed by atoms with van der Waals surface area (Å²) < 4.78 is 10.5. The van der Waals surface area contributed by atoms with Gasteiger partial charge in [0, 0.05) is 18.0 Å². The SMILES string of the molecule is CCOC(=O)c1cnc(NC2COc3c(Cl)cccc32)nc1. The lowest BCUT2D eigenvalue weighted by molar-refractivity contribution is 0.0525. The summed E-state index contributed by atoms with van der Waals surface area (Å²) in [4.78, 5) is 19.8. The molecule has 22 heavy (non-hydrogen) atoms. The summed E-state index contributed by atoms with van der Waals surface area (Å²) >= 11 is 6.09. The van der Waals surface area contributed by atoms with Gasteiger partial charge in [-0.05, 0) is 13.0 Å². The Morgan fingerprint density at radius 2 is 2.23 bits per heavy atom. The van der Waals surface area contributed by atoms with E-state index in [1.54, 1.807) is 13.0 Å². The van der Waals surface area contributed by atoms with E-state index in [2.05, 4.69) is 15.3 Å². The number of carbonyl (C=O) groups is 1. The Hall–Kier alpha value is -2.34. The zero-order chi connectivity index (χ0) is 15.5. The number of ether oxygens (including phenoxy) is 2. The quantitative estimate of drug-likeness (QED) is 0.874. The summed E-state index contributed by atoms with van der Waals surface area (Å²) in [7, 11) is 0. The van der Waals surface area contributed by atoms with E-state index in [-0.39, 0.29) is 6.04 Å². The topological polar surface area (TPSA) is 73.3 Å². The first-order valence-corrected chi connectivity index (χ1v) is 7.23. The summed E-state index contributed by atoms with van der Waals surface area (Å²) in [5, 5.41) is 3.75. The van der Waals surface area contributed by atoms with Gasteiger partial charge in [-0.15, -0.1) is 0 Å². The van der Waals surface area contributed by atoms with Crippen LogP contribution in [0.5, 0.6) is 5.75 Å². The first-order valence-electron chi connectivity index (χ1n) is 6.86. The third-order valence-corrected chi connectivity index (χ3v) is 3.53. The fourth-order valence-electron chi connectivity index (χ4n) is 2.21. The third kappa shape index (κ3) is 2.82. The smallest absolute Gasteiger partial charge is 0.341 e. The van der Waals surface area contributed by atoms with Crippen LogP contribution in [-0.2, 0) is 4.74 Å². The van der Waals surface area contributed by atoms with E-state index in [4.69, 9.17) is 21.1 Å². The zero-order valence-electron chi connectivity index (χ0n) is 11.9. The Kier molecular flexibility index (Phi) is 4.11. The van der Waals surface area contributed by atoms with Crippen molar-refractivity contribution in [2.45, 2.75) is 13.0 Å². The monoisotopic (exact) mass is 319 g/mol. The number of hydrogen-bond donors (Lipinski definition) is 1. The van der Waals surface area contributed by atoms with Gasteiger partial charge in [0.05, 0.1) is 23.2 Å². The molecule has 0 bridgehead atoms. The van der Waals surface area contributed by atoms with Gasteiger partial charge in [0.2, 0.25) is 5.95 Å². The van der Waals surface area contributed by atoms with Crippen LogP contribution in [-0.4, -0.2) is 29.2 Å². The van der Waals surface area contributed by atoms with Crippen LogP contribution in [0.1, 0.15) is 28.9 Å². The van der Waals surface area contributed by atoms with Gasteiger partial charge in [-0.1, -0.05) is 23.7 Å². The molecule has 2 heterocycles. The Bertz CT molecular complexity index is 691. The lowest BCUT2D eigenvalue weighted by atomic mass is 10.1. The molecule has 1 N–H and O–H groups in total. The lowest BCUT2D eigenvalue weighted by Gasteiger charge is -2.11. The maximum absolute atomic E-state index is 11.5. The van der Waals surface area contributed by atoms with Crippen LogP contribution in [0.25, 0.3) is 0 Å². The Morgan fingerprint density at radius 3 is 2.95 bits per heavy atom. The average molecular weight is 320 g/mol. The van der Waals surface area contributed by atoms with Gasteiger partial charge in [0.15, 0.2) is 0 Å². The number of esters is 1. The van der Waals surface area contributed by atoms with Gasteiger partial charge in [-0.2, -0.15) is 0 Å². The van der Waals surface area contributed by atoms with E-state index in [9.17, 15) is 4.79 Å². The summed E-state index contributed by atoms with van der Waals surface area (Å²) in [5.74, 6) is 0.662. The van der Waals surface area contributed by atoms with Gasteiger partial charge < -0.3 is 14.8 Å². The van der Waals surface area contributed by atoms with E-state index in [1.165, 1.54) is 12.4 Å². The van der Waals surface area contributed by atoms with Crippen molar-refractivity contribution in [3.05, 3.63) is 46.7 Å². The van der Waals surface area contributed by atoms with E-state index in [0.29, 0.717) is 35.5 Å². The molecule has 1 aliphatic heterocycles. The number of nitrogens with zero attached hydrogens (tertiary/aromatic N) is 2.